The van der Waals surface area contributed by atoms with E-state index in [0.717, 1.165) is 31.5 Å². The van der Waals surface area contributed by atoms with E-state index in [1.54, 1.807) is 19.1 Å². The number of halogens is 3. The van der Waals surface area contributed by atoms with Crippen LogP contribution < -0.4 is 10.5 Å². The van der Waals surface area contributed by atoms with E-state index in [-0.39, 0.29) is 12.3 Å². The first kappa shape index (κ1) is 17.4. The van der Waals surface area contributed by atoms with Crippen molar-refractivity contribution in [1.82, 2.24) is 4.90 Å². The van der Waals surface area contributed by atoms with Crippen LogP contribution in [-0.2, 0) is 6.54 Å². The first-order valence-electron chi connectivity index (χ1n) is 7.69. The number of ether oxygens (including phenoxy) is 1. The Kier molecular flexibility index (Phi) is 5.74. The van der Waals surface area contributed by atoms with Gasteiger partial charge < -0.3 is 15.4 Å². The van der Waals surface area contributed by atoms with Crippen molar-refractivity contribution >= 4 is 5.96 Å². The number of piperidine rings is 1. The summed E-state index contributed by atoms with van der Waals surface area (Å²) < 4.78 is 42.0. The summed E-state index contributed by atoms with van der Waals surface area (Å²) in [6, 6.07) is 5.14. The number of aryl methyl sites for hydroxylation is 1. The quantitative estimate of drug-likeness (QED) is 0.681. The lowest BCUT2D eigenvalue weighted by Gasteiger charge is -2.27. The van der Waals surface area contributed by atoms with Gasteiger partial charge in [-0.1, -0.05) is 12.1 Å². The van der Waals surface area contributed by atoms with Crippen molar-refractivity contribution in [3.8, 4) is 5.75 Å². The average molecular weight is 329 g/mol. The van der Waals surface area contributed by atoms with Crippen LogP contribution in [0.2, 0.25) is 0 Å². The van der Waals surface area contributed by atoms with Crippen LogP contribution in [-0.4, -0.2) is 36.7 Å². The summed E-state index contributed by atoms with van der Waals surface area (Å²) >= 11 is 0. The molecule has 0 radical (unpaired) electrons. The molecule has 0 spiro atoms. The molecule has 0 unspecified atom stereocenters. The number of aliphatic imine (C=N–C) groups is 1. The second-order valence-corrected chi connectivity index (χ2v) is 5.74. The van der Waals surface area contributed by atoms with Crippen molar-refractivity contribution < 1.29 is 17.9 Å². The van der Waals surface area contributed by atoms with Gasteiger partial charge in [-0.25, -0.2) is 4.99 Å². The number of guanidine groups is 1. The molecule has 0 atom stereocenters. The number of rotatable bonds is 4. The Morgan fingerprint density at radius 1 is 1.26 bits per heavy atom. The van der Waals surface area contributed by atoms with Gasteiger partial charge in [0.2, 0.25) is 0 Å². The van der Waals surface area contributed by atoms with Crippen LogP contribution in [0.15, 0.2) is 23.2 Å². The zero-order valence-corrected chi connectivity index (χ0v) is 13.2. The minimum atomic E-state index is -4.36. The molecule has 0 amide bonds. The molecule has 128 valence electrons. The second kappa shape index (κ2) is 7.57. The van der Waals surface area contributed by atoms with E-state index < -0.39 is 12.8 Å². The maximum absolute atomic E-state index is 12.4. The lowest BCUT2D eigenvalue weighted by Crippen LogP contribution is -2.40. The Morgan fingerprint density at radius 2 is 1.96 bits per heavy atom. The second-order valence-electron chi connectivity index (χ2n) is 5.74. The minimum absolute atomic E-state index is 0.204. The molecule has 1 aromatic carbocycles. The molecular weight excluding hydrogens is 307 g/mol. The highest BCUT2D eigenvalue weighted by Crippen LogP contribution is 2.24. The van der Waals surface area contributed by atoms with Crippen LogP contribution >= 0.6 is 0 Å². The Labute approximate surface area is 134 Å². The van der Waals surface area contributed by atoms with E-state index in [4.69, 9.17) is 10.5 Å². The van der Waals surface area contributed by atoms with Crippen molar-refractivity contribution in [1.29, 1.82) is 0 Å². The van der Waals surface area contributed by atoms with Gasteiger partial charge in [0.05, 0.1) is 6.54 Å². The van der Waals surface area contributed by atoms with E-state index in [1.165, 1.54) is 6.42 Å². The van der Waals surface area contributed by atoms with Gasteiger partial charge in [-0.2, -0.15) is 13.2 Å². The number of hydrogen-bond donors (Lipinski definition) is 1. The molecule has 1 aliphatic rings. The van der Waals surface area contributed by atoms with Crippen LogP contribution in [0.1, 0.15) is 30.4 Å². The summed E-state index contributed by atoms with van der Waals surface area (Å²) in [5.74, 6) is 0.643. The summed E-state index contributed by atoms with van der Waals surface area (Å²) in [6.45, 7) is 2.45. The Hall–Kier alpha value is -1.92. The normalized spacial score (nSPS) is 16.5. The van der Waals surface area contributed by atoms with Crippen molar-refractivity contribution in [3.05, 3.63) is 29.3 Å². The molecule has 1 fully saturated rings. The van der Waals surface area contributed by atoms with Gasteiger partial charge in [-0.15, -0.1) is 0 Å². The third-order valence-corrected chi connectivity index (χ3v) is 3.71. The first-order valence-corrected chi connectivity index (χ1v) is 7.69. The van der Waals surface area contributed by atoms with Crippen molar-refractivity contribution in [2.24, 2.45) is 10.7 Å². The summed E-state index contributed by atoms with van der Waals surface area (Å²) in [6.07, 6.45) is -1.00. The fraction of sp³-hybridized carbons (Fsp3) is 0.562. The molecule has 7 heteroatoms. The number of alkyl halides is 3. The molecule has 4 nitrogen and oxygen atoms in total. The average Bonchev–Trinajstić information content (AvgIpc) is 2.52. The standard InChI is InChI=1S/C16H22F3N3O/c1-12-5-6-13(14(9-12)23-11-16(17,18)19)10-21-15(20)22-7-3-2-4-8-22/h5-6,9H,2-4,7-8,10-11H2,1H3,(H2,20,21). The van der Waals surface area contributed by atoms with Gasteiger partial charge in [0, 0.05) is 18.7 Å². The number of likely N-dealkylation sites (tertiary alicyclic amines) is 1. The molecule has 0 aromatic heterocycles. The molecular formula is C16H22F3N3O. The number of nitrogens with two attached hydrogens (primary N) is 1. The highest BCUT2D eigenvalue weighted by atomic mass is 19.4. The number of benzene rings is 1. The van der Waals surface area contributed by atoms with Crippen LogP contribution in [0, 0.1) is 6.92 Å². The van der Waals surface area contributed by atoms with Gasteiger partial charge in [-0.05, 0) is 37.8 Å². The van der Waals surface area contributed by atoms with E-state index in [0.29, 0.717) is 11.5 Å². The van der Waals surface area contributed by atoms with Crippen molar-refractivity contribution in [2.45, 2.75) is 38.9 Å². The zero-order chi connectivity index (χ0) is 16.9. The fourth-order valence-electron chi connectivity index (χ4n) is 2.48. The van der Waals surface area contributed by atoms with E-state index in [2.05, 4.69) is 4.99 Å². The number of nitrogens with zero attached hydrogens (tertiary/aromatic N) is 2. The Bertz CT molecular complexity index is 552. The monoisotopic (exact) mass is 329 g/mol. The molecule has 0 aliphatic carbocycles. The van der Waals surface area contributed by atoms with Gasteiger partial charge in [0.1, 0.15) is 5.75 Å². The predicted octanol–water partition coefficient (Wildman–Crippen LogP) is 3.24. The van der Waals surface area contributed by atoms with Crippen LogP contribution in [0.25, 0.3) is 0 Å². The van der Waals surface area contributed by atoms with Crippen LogP contribution in [0.4, 0.5) is 13.2 Å². The third kappa shape index (κ3) is 5.65. The molecule has 2 N–H and O–H groups in total. The topological polar surface area (TPSA) is 50.8 Å². The van der Waals surface area contributed by atoms with E-state index in [1.807, 2.05) is 11.0 Å². The molecule has 2 rings (SSSR count). The summed E-state index contributed by atoms with van der Waals surface area (Å²) in [4.78, 5) is 6.32. The number of hydrogen-bond acceptors (Lipinski definition) is 2. The molecule has 1 aromatic rings. The summed E-state index contributed by atoms with van der Waals surface area (Å²) in [7, 11) is 0. The van der Waals surface area contributed by atoms with Crippen molar-refractivity contribution in [3.63, 3.8) is 0 Å². The Balaban J connectivity index is 2.06. The van der Waals surface area contributed by atoms with Crippen LogP contribution in [0.3, 0.4) is 0 Å². The molecule has 0 saturated carbocycles. The maximum Gasteiger partial charge on any atom is 0.422 e. The highest BCUT2D eigenvalue weighted by molar-refractivity contribution is 5.78. The molecule has 1 saturated heterocycles. The van der Waals surface area contributed by atoms with Gasteiger partial charge >= 0.3 is 6.18 Å². The lowest BCUT2D eigenvalue weighted by atomic mass is 10.1. The molecule has 23 heavy (non-hydrogen) atoms. The third-order valence-electron chi connectivity index (χ3n) is 3.71. The molecule has 1 heterocycles. The maximum atomic E-state index is 12.4. The summed E-state index contributed by atoms with van der Waals surface area (Å²) in [5, 5.41) is 0. The predicted molar refractivity (Wildman–Crippen MR) is 83.5 cm³/mol. The SMILES string of the molecule is Cc1ccc(CN=C(N)N2CCCCC2)c(OCC(F)(F)F)c1. The van der Waals surface area contributed by atoms with Crippen LogP contribution in [0.5, 0.6) is 5.75 Å². The molecule has 1 aliphatic heterocycles. The zero-order valence-electron chi connectivity index (χ0n) is 13.2. The van der Waals surface area contributed by atoms with E-state index in [9.17, 15) is 13.2 Å². The van der Waals surface area contributed by atoms with Crippen molar-refractivity contribution in [2.75, 3.05) is 19.7 Å². The lowest BCUT2D eigenvalue weighted by molar-refractivity contribution is -0.153. The summed E-state index contributed by atoms with van der Waals surface area (Å²) in [5.41, 5.74) is 7.40. The minimum Gasteiger partial charge on any atom is -0.484 e. The van der Waals surface area contributed by atoms with Gasteiger partial charge in [-0.3, -0.25) is 0 Å². The molecule has 0 bridgehead atoms. The Morgan fingerprint density at radius 3 is 2.61 bits per heavy atom. The highest BCUT2D eigenvalue weighted by Gasteiger charge is 2.28. The van der Waals surface area contributed by atoms with Gasteiger partial charge in [0.15, 0.2) is 12.6 Å². The van der Waals surface area contributed by atoms with E-state index >= 15 is 0 Å². The fourth-order valence-corrected chi connectivity index (χ4v) is 2.48. The first-order chi connectivity index (χ1) is 10.8. The van der Waals surface area contributed by atoms with Gasteiger partial charge in [0.25, 0.3) is 0 Å². The smallest absolute Gasteiger partial charge is 0.422 e. The largest absolute Gasteiger partial charge is 0.484 e.